The van der Waals surface area contributed by atoms with E-state index in [-0.39, 0.29) is 36.3 Å². The lowest BCUT2D eigenvalue weighted by atomic mass is 9.62. The van der Waals surface area contributed by atoms with Crippen LogP contribution in [0.25, 0.3) is 0 Å². The van der Waals surface area contributed by atoms with Crippen LogP contribution in [0.5, 0.6) is 0 Å². The quantitative estimate of drug-likeness (QED) is 0.337. The highest BCUT2D eigenvalue weighted by molar-refractivity contribution is 5.99. The molecule has 1 aromatic carbocycles. The zero-order valence-corrected chi connectivity index (χ0v) is 26.8. The summed E-state index contributed by atoms with van der Waals surface area (Å²) in [6.07, 6.45) is 10.2. The molecule has 5 rings (SSSR count). The van der Waals surface area contributed by atoms with Crippen molar-refractivity contribution in [2.24, 2.45) is 17.8 Å². The maximum absolute atomic E-state index is 15.0. The van der Waals surface area contributed by atoms with E-state index in [0.717, 1.165) is 44.1 Å². The summed E-state index contributed by atoms with van der Waals surface area (Å²) in [5.74, 6) is -2.12. The van der Waals surface area contributed by atoms with Gasteiger partial charge in [0, 0.05) is 25.7 Å². The van der Waals surface area contributed by atoms with Crippen molar-refractivity contribution in [2.45, 2.75) is 101 Å². The predicted molar refractivity (Wildman–Crippen MR) is 170 cm³/mol. The van der Waals surface area contributed by atoms with Gasteiger partial charge in [-0.15, -0.1) is 13.2 Å². The number of carbonyl (C=O) groups excluding carboxylic acids is 3. The van der Waals surface area contributed by atoms with Crippen LogP contribution in [0.4, 0.5) is 0 Å². The van der Waals surface area contributed by atoms with E-state index < -0.39 is 35.1 Å². The van der Waals surface area contributed by atoms with Crippen molar-refractivity contribution in [2.75, 3.05) is 26.2 Å². The number of amides is 3. The Balaban J connectivity index is 1.63. The van der Waals surface area contributed by atoms with Crippen LogP contribution in [0.1, 0.15) is 71.3 Å². The molecule has 4 fully saturated rings. The fraction of sp³-hybridized carbons (Fsp3) is 0.639. The molecule has 240 valence electrons. The van der Waals surface area contributed by atoms with Crippen LogP contribution in [-0.2, 0) is 25.5 Å². The molecule has 3 unspecified atom stereocenters. The molecule has 8 nitrogen and oxygen atoms in total. The summed E-state index contributed by atoms with van der Waals surface area (Å²) in [4.78, 5) is 49.7. The molecule has 44 heavy (non-hydrogen) atoms. The molecular weight excluding hydrogens is 554 g/mol. The number of aliphatic hydroxyl groups excluding tert-OH is 1. The van der Waals surface area contributed by atoms with Crippen LogP contribution in [0.2, 0.25) is 0 Å². The van der Waals surface area contributed by atoms with Gasteiger partial charge in [-0.3, -0.25) is 14.4 Å². The fourth-order valence-electron chi connectivity index (χ4n) is 8.88. The van der Waals surface area contributed by atoms with Gasteiger partial charge in [-0.05, 0) is 50.5 Å². The standard InChI is InChI=1S/C36H51N3O5/c1-6-19-37(20-7-2)32(41)29-30-33(42)39(28(24-40)22-26-15-11-9-12-16-26)31(36(30)23-25(4)35(29,5)44-36)34(43)38(21-8-3)27-17-13-10-14-18-27/h6,8-9,11-12,15-16,25,27-31,40H,1,3,7,10,13-14,17-24H2,2,4-5H3/t25?,28-,29+,30+,31?,35-,36?/m1/s1. The first-order valence-electron chi connectivity index (χ1n) is 16.7. The second-order valence-corrected chi connectivity index (χ2v) is 13.6. The van der Waals surface area contributed by atoms with Crippen LogP contribution >= 0.6 is 0 Å². The highest BCUT2D eigenvalue weighted by Gasteiger charge is 2.80. The van der Waals surface area contributed by atoms with E-state index in [1.165, 1.54) is 0 Å². The number of ether oxygens (including phenoxy) is 1. The molecule has 1 aliphatic carbocycles. The first-order chi connectivity index (χ1) is 21.2. The number of nitrogens with zero attached hydrogens (tertiary/aromatic N) is 3. The zero-order valence-electron chi connectivity index (χ0n) is 26.8. The number of fused-ring (bicyclic) bond motifs is 1. The Hall–Kier alpha value is -2.97. The number of hydrogen-bond donors (Lipinski definition) is 1. The van der Waals surface area contributed by atoms with E-state index in [9.17, 15) is 14.7 Å². The molecule has 1 N–H and O–H groups in total. The fourth-order valence-corrected chi connectivity index (χ4v) is 8.88. The van der Waals surface area contributed by atoms with Crippen molar-refractivity contribution in [3.05, 3.63) is 61.2 Å². The van der Waals surface area contributed by atoms with E-state index in [4.69, 9.17) is 4.74 Å². The Kier molecular flexibility index (Phi) is 9.71. The summed E-state index contributed by atoms with van der Waals surface area (Å²) in [5.41, 5.74) is -1.08. The van der Waals surface area contributed by atoms with E-state index in [0.29, 0.717) is 32.5 Å². The molecule has 4 aliphatic rings. The summed E-state index contributed by atoms with van der Waals surface area (Å²) < 4.78 is 7.03. The lowest BCUT2D eigenvalue weighted by Crippen LogP contribution is -2.60. The van der Waals surface area contributed by atoms with Crippen molar-refractivity contribution in [3.63, 3.8) is 0 Å². The van der Waals surface area contributed by atoms with Crippen molar-refractivity contribution in [1.29, 1.82) is 0 Å². The van der Waals surface area contributed by atoms with Gasteiger partial charge in [-0.1, -0.05) is 75.6 Å². The molecular formula is C36H51N3O5. The molecule has 3 saturated heterocycles. The largest absolute Gasteiger partial charge is 0.394 e. The number of benzene rings is 1. The number of rotatable bonds is 13. The second kappa shape index (κ2) is 13.2. The summed E-state index contributed by atoms with van der Waals surface area (Å²) in [5, 5.41) is 10.8. The van der Waals surface area contributed by atoms with Gasteiger partial charge in [0.05, 0.1) is 30.1 Å². The van der Waals surface area contributed by atoms with Crippen molar-refractivity contribution in [1.82, 2.24) is 14.7 Å². The normalized spacial score (nSPS) is 31.9. The van der Waals surface area contributed by atoms with Gasteiger partial charge < -0.3 is 24.5 Å². The van der Waals surface area contributed by atoms with Gasteiger partial charge in [0.1, 0.15) is 11.6 Å². The van der Waals surface area contributed by atoms with Crippen molar-refractivity contribution >= 4 is 17.7 Å². The third kappa shape index (κ3) is 5.32. The van der Waals surface area contributed by atoms with E-state index in [1.54, 1.807) is 22.0 Å². The molecule has 1 saturated carbocycles. The summed E-state index contributed by atoms with van der Waals surface area (Å²) >= 11 is 0. The van der Waals surface area contributed by atoms with Gasteiger partial charge >= 0.3 is 0 Å². The van der Waals surface area contributed by atoms with E-state index >= 15 is 4.79 Å². The monoisotopic (exact) mass is 605 g/mol. The van der Waals surface area contributed by atoms with Gasteiger partial charge in [-0.2, -0.15) is 0 Å². The third-order valence-corrected chi connectivity index (χ3v) is 10.9. The van der Waals surface area contributed by atoms with E-state index in [2.05, 4.69) is 20.1 Å². The highest BCUT2D eigenvalue weighted by atomic mass is 16.5. The Morgan fingerprint density at radius 3 is 2.41 bits per heavy atom. The predicted octanol–water partition coefficient (Wildman–Crippen LogP) is 4.37. The molecule has 3 amide bonds. The Labute approximate surface area is 263 Å². The van der Waals surface area contributed by atoms with Gasteiger partial charge in [0.25, 0.3) is 0 Å². The molecule has 2 bridgehead atoms. The maximum atomic E-state index is 15.0. The topological polar surface area (TPSA) is 90.4 Å². The van der Waals surface area contributed by atoms with Crippen LogP contribution in [-0.4, -0.2) is 93.1 Å². The lowest BCUT2D eigenvalue weighted by molar-refractivity contribution is -0.159. The first-order valence-corrected chi connectivity index (χ1v) is 16.7. The summed E-state index contributed by atoms with van der Waals surface area (Å²) in [6, 6.07) is 8.22. The minimum absolute atomic E-state index is 0.0489. The Bertz CT molecular complexity index is 1230. The minimum Gasteiger partial charge on any atom is -0.394 e. The molecule has 8 heteroatoms. The van der Waals surface area contributed by atoms with Crippen LogP contribution < -0.4 is 0 Å². The average molecular weight is 606 g/mol. The summed E-state index contributed by atoms with van der Waals surface area (Å²) in [7, 11) is 0. The third-order valence-electron chi connectivity index (χ3n) is 10.9. The molecule has 0 aromatic heterocycles. The maximum Gasteiger partial charge on any atom is 0.248 e. The number of carbonyl (C=O) groups is 3. The van der Waals surface area contributed by atoms with Crippen LogP contribution in [0.3, 0.4) is 0 Å². The zero-order chi connectivity index (χ0) is 31.6. The first kappa shape index (κ1) is 32.4. The summed E-state index contributed by atoms with van der Waals surface area (Å²) in [6.45, 7) is 14.9. The molecule has 3 heterocycles. The minimum atomic E-state index is -1.16. The molecule has 1 spiro atoms. The number of hydrogen-bond acceptors (Lipinski definition) is 5. The van der Waals surface area contributed by atoms with Crippen LogP contribution in [0.15, 0.2) is 55.6 Å². The highest BCUT2D eigenvalue weighted by Crippen LogP contribution is 2.66. The number of aliphatic hydroxyl groups is 1. The van der Waals surface area contributed by atoms with Crippen molar-refractivity contribution in [3.8, 4) is 0 Å². The number of likely N-dealkylation sites (tertiary alicyclic amines) is 1. The Morgan fingerprint density at radius 1 is 1.11 bits per heavy atom. The van der Waals surface area contributed by atoms with Gasteiger partial charge in [0.15, 0.2) is 0 Å². The van der Waals surface area contributed by atoms with Gasteiger partial charge in [-0.25, -0.2) is 0 Å². The van der Waals surface area contributed by atoms with E-state index in [1.807, 2.05) is 49.1 Å². The lowest BCUT2D eigenvalue weighted by Gasteiger charge is -2.42. The second-order valence-electron chi connectivity index (χ2n) is 13.6. The van der Waals surface area contributed by atoms with Crippen molar-refractivity contribution < 1.29 is 24.2 Å². The molecule has 7 atom stereocenters. The van der Waals surface area contributed by atoms with Crippen LogP contribution in [0, 0.1) is 17.8 Å². The smallest absolute Gasteiger partial charge is 0.248 e. The molecule has 0 radical (unpaired) electrons. The Morgan fingerprint density at radius 2 is 1.80 bits per heavy atom. The molecule has 3 aliphatic heterocycles. The SMILES string of the molecule is C=CCN(CCC)C(=O)[C@@H]1[C@H]2C(=O)N([C@@H](CO)Cc3ccccc3)C(C(=O)N(CC=C)C3CCCCC3)C23CC(C)[C@@]1(C)O3. The van der Waals surface area contributed by atoms with Gasteiger partial charge in [0.2, 0.25) is 17.7 Å². The average Bonchev–Trinajstić information content (AvgIpc) is 3.55. The molecule has 1 aromatic rings.